The van der Waals surface area contributed by atoms with Crippen LogP contribution in [0.1, 0.15) is 35.4 Å². The Hall–Kier alpha value is -2.20. The molecule has 1 unspecified atom stereocenters. The molecule has 4 nitrogen and oxygen atoms in total. The Morgan fingerprint density at radius 3 is 2.96 bits per heavy atom. The number of benzene rings is 2. The van der Waals surface area contributed by atoms with Crippen LogP contribution in [0.25, 0.3) is 0 Å². The van der Waals surface area contributed by atoms with Crippen molar-refractivity contribution in [3.63, 3.8) is 0 Å². The fraction of sp³-hybridized carbons (Fsp3) is 0.381. The molecule has 5 heteroatoms. The summed E-state index contributed by atoms with van der Waals surface area (Å²) in [6.07, 6.45) is 3.75. The van der Waals surface area contributed by atoms with E-state index in [0.717, 1.165) is 24.8 Å². The lowest BCUT2D eigenvalue weighted by molar-refractivity contribution is -0.122. The van der Waals surface area contributed by atoms with Crippen LogP contribution in [0.5, 0.6) is 11.5 Å². The van der Waals surface area contributed by atoms with Gasteiger partial charge in [-0.15, -0.1) is 0 Å². The Morgan fingerprint density at radius 2 is 2.04 bits per heavy atom. The van der Waals surface area contributed by atoms with Crippen LogP contribution in [-0.2, 0) is 17.6 Å². The van der Waals surface area contributed by atoms with Gasteiger partial charge in [-0.2, -0.15) is 0 Å². The molecular formula is C21H22ClNO3. The molecule has 1 aliphatic carbocycles. The van der Waals surface area contributed by atoms with Gasteiger partial charge in [0.2, 0.25) is 5.91 Å². The van der Waals surface area contributed by atoms with E-state index in [2.05, 4.69) is 17.4 Å². The molecule has 0 aromatic heterocycles. The highest BCUT2D eigenvalue weighted by Gasteiger charge is 2.25. The van der Waals surface area contributed by atoms with Crippen molar-refractivity contribution in [2.24, 2.45) is 0 Å². The number of fused-ring (bicyclic) bond motifs is 2. The minimum atomic E-state index is -0.0381. The maximum absolute atomic E-state index is 12.7. The van der Waals surface area contributed by atoms with Crippen LogP contribution < -0.4 is 14.8 Å². The molecule has 26 heavy (non-hydrogen) atoms. The number of hydrogen-bond donors (Lipinski definition) is 1. The Bertz CT molecular complexity index is 821. The first kappa shape index (κ1) is 17.2. The number of rotatable bonds is 4. The molecule has 0 bridgehead atoms. The zero-order valence-electron chi connectivity index (χ0n) is 14.6. The summed E-state index contributed by atoms with van der Waals surface area (Å²) in [5, 5.41) is 3.65. The fourth-order valence-electron chi connectivity index (χ4n) is 3.79. The molecule has 1 atom stereocenters. The molecule has 1 heterocycles. The predicted octanol–water partition coefficient (Wildman–Crippen LogP) is 3.89. The highest BCUT2D eigenvalue weighted by atomic mass is 35.5. The summed E-state index contributed by atoms with van der Waals surface area (Å²) in [4.78, 5) is 12.7. The van der Waals surface area contributed by atoms with Gasteiger partial charge in [0.25, 0.3) is 0 Å². The lowest BCUT2D eigenvalue weighted by Gasteiger charge is -2.24. The van der Waals surface area contributed by atoms with Gasteiger partial charge in [-0.25, -0.2) is 0 Å². The van der Waals surface area contributed by atoms with E-state index in [-0.39, 0.29) is 11.8 Å². The van der Waals surface area contributed by atoms with Crippen molar-refractivity contribution in [2.75, 3.05) is 19.8 Å². The van der Waals surface area contributed by atoms with Crippen molar-refractivity contribution in [1.82, 2.24) is 5.32 Å². The molecule has 136 valence electrons. The van der Waals surface area contributed by atoms with Gasteiger partial charge in [0, 0.05) is 6.54 Å². The molecule has 2 aromatic rings. The lowest BCUT2D eigenvalue weighted by Crippen LogP contribution is -2.32. The Balaban J connectivity index is 1.38. The molecule has 1 amide bonds. The van der Waals surface area contributed by atoms with Gasteiger partial charge >= 0.3 is 0 Å². The van der Waals surface area contributed by atoms with E-state index < -0.39 is 0 Å². The zero-order chi connectivity index (χ0) is 17.9. The summed E-state index contributed by atoms with van der Waals surface area (Å²) in [7, 11) is 0. The summed E-state index contributed by atoms with van der Waals surface area (Å²) in [5.74, 6) is 1.38. The maximum Gasteiger partial charge on any atom is 0.227 e. The van der Waals surface area contributed by atoms with Crippen LogP contribution in [-0.4, -0.2) is 25.7 Å². The number of hydrogen-bond acceptors (Lipinski definition) is 3. The summed E-state index contributed by atoms with van der Waals surface area (Å²) in [6, 6.07) is 12.1. The predicted molar refractivity (Wildman–Crippen MR) is 101 cm³/mol. The van der Waals surface area contributed by atoms with Gasteiger partial charge in [0.1, 0.15) is 13.2 Å². The number of halogens is 1. The monoisotopic (exact) mass is 371 g/mol. The van der Waals surface area contributed by atoms with E-state index in [9.17, 15) is 4.79 Å². The summed E-state index contributed by atoms with van der Waals surface area (Å²) < 4.78 is 11.1. The van der Waals surface area contributed by atoms with Crippen LogP contribution in [0, 0.1) is 0 Å². The fourth-order valence-corrected chi connectivity index (χ4v) is 4.08. The van der Waals surface area contributed by atoms with Crippen molar-refractivity contribution >= 4 is 17.5 Å². The Kier molecular flexibility index (Phi) is 5.02. The normalized spacial score (nSPS) is 18.1. The van der Waals surface area contributed by atoms with Crippen LogP contribution in [0.15, 0.2) is 36.4 Å². The highest BCUT2D eigenvalue weighted by molar-refractivity contribution is 6.32. The summed E-state index contributed by atoms with van der Waals surface area (Å²) in [5.41, 5.74) is 3.51. The molecule has 2 aliphatic rings. The molecule has 0 fully saturated rings. The first-order valence-electron chi connectivity index (χ1n) is 9.16. The Labute approximate surface area is 158 Å². The third-order valence-corrected chi connectivity index (χ3v) is 5.34. The van der Waals surface area contributed by atoms with Gasteiger partial charge in [0.15, 0.2) is 11.5 Å². The first-order valence-corrected chi connectivity index (χ1v) is 9.53. The van der Waals surface area contributed by atoms with Gasteiger partial charge < -0.3 is 14.8 Å². The second kappa shape index (κ2) is 7.58. The molecular weight excluding hydrogens is 350 g/mol. The molecule has 0 spiro atoms. The zero-order valence-corrected chi connectivity index (χ0v) is 15.3. The van der Waals surface area contributed by atoms with E-state index in [1.807, 2.05) is 24.3 Å². The smallest absolute Gasteiger partial charge is 0.227 e. The molecule has 4 rings (SSSR count). The van der Waals surface area contributed by atoms with E-state index in [1.54, 1.807) is 0 Å². The molecule has 1 N–H and O–H groups in total. The molecule has 0 saturated carbocycles. The lowest BCUT2D eigenvalue weighted by atomic mass is 9.82. The maximum atomic E-state index is 12.7. The quantitative estimate of drug-likeness (QED) is 0.886. The number of nitrogens with one attached hydrogen (secondary N) is 1. The third-order valence-electron chi connectivity index (χ3n) is 5.06. The molecule has 2 aromatic carbocycles. The number of ether oxygens (including phenoxy) is 2. The largest absolute Gasteiger partial charge is 0.486 e. The van der Waals surface area contributed by atoms with Crippen LogP contribution in [0.4, 0.5) is 0 Å². The first-order chi connectivity index (χ1) is 12.7. The second-order valence-corrected chi connectivity index (χ2v) is 7.19. The van der Waals surface area contributed by atoms with E-state index in [4.69, 9.17) is 21.1 Å². The van der Waals surface area contributed by atoms with Crippen LogP contribution >= 0.6 is 11.6 Å². The van der Waals surface area contributed by atoms with Crippen molar-refractivity contribution in [3.8, 4) is 11.5 Å². The standard InChI is InChI=1S/C21H22ClNO3/c22-18-12-14(13-19-20(18)26-11-10-25-19)8-9-23-21(24)17-7-3-5-15-4-1-2-6-16(15)17/h1-2,4,6,12-13,17H,3,5,7-11H2,(H,23,24). The minimum absolute atomic E-state index is 0.0381. The van der Waals surface area contributed by atoms with Crippen LogP contribution in [0.2, 0.25) is 5.02 Å². The molecule has 1 aliphatic heterocycles. The SMILES string of the molecule is O=C(NCCc1cc(Cl)c2c(c1)OCCO2)C1CCCc2ccccc21. The number of amides is 1. The molecule has 0 saturated heterocycles. The van der Waals surface area contributed by atoms with Crippen molar-refractivity contribution in [3.05, 3.63) is 58.1 Å². The van der Waals surface area contributed by atoms with Gasteiger partial charge in [-0.3, -0.25) is 4.79 Å². The van der Waals surface area contributed by atoms with Crippen molar-refractivity contribution in [2.45, 2.75) is 31.6 Å². The van der Waals surface area contributed by atoms with Gasteiger partial charge in [-0.1, -0.05) is 35.9 Å². The number of carbonyl (C=O) groups excluding carboxylic acids is 1. The van der Waals surface area contributed by atoms with E-state index in [0.29, 0.717) is 42.7 Å². The van der Waals surface area contributed by atoms with E-state index >= 15 is 0 Å². The van der Waals surface area contributed by atoms with Crippen molar-refractivity contribution in [1.29, 1.82) is 0 Å². The van der Waals surface area contributed by atoms with Crippen LogP contribution in [0.3, 0.4) is 0 Å². The minimum Gasteiger partial charge on any atom is -0.486 e. The number of aryl methyl sites for hydroxylation is 1. The number of carbonyl (C=O) groups is 1. The van der Waals surface area contributed by atoms with Gasteiger partial charge in [0.05, 0.1) is 10.9 Å². The summed E-state index contributed by atoms with van der Waals surface area (Å²) >= 11 is 6.27. The average Bonchev–Trinajstić information content (AvgIpc) is 2.67. The second-order valence-electron chi connectivity index (χ2n) is 6.79. The van der Waals surface area contributed by atoms with E-state index in [1.165, 1.54) is 11.1 Å². The van der Waals surface area contributed by atoms with Gasteiger partial charge in [-0.05, 0) is 54.5 Å². The molecule has 0 radical (unpaired) electrons. The topological polar surface area (TPSA) is 47.6 Å². The van der Waals surface area contributed by atoms with Crippen molar-refractivity contribution < 1.29 is 14.3 Å². The third kappa shape index (κ3) is 3.51. The Morgan fingerprint density at radius 1 is 1.19 bits per heavy atom. The average molecular weight is 372 g/mol. The highest BCUT2D eigenvalue weighted by Crippen LogP contribution is 2.38. The summed E-state index contributed by atoms with van der Waals surface area (Å²) in [6.45, 7) is 1.63.